The van der Waals surface area contributed by atoms with Crippen molar-refractivity contribution >= 4 is 17.6 Å². The van der Waals surface area contributed by atoms with Crippen molar-refractivity contribution in [2.75, 3.05) is 13.2 Å². The number of nitrogens with one attached hydrogen (secondary N) is 1. The molecule has 0 radical (unpaired) electrons. The van der Waals surface area contributed by atoms with E-state index >= 15 is 0 Å². The smallest absolute Gasteiger partial charge is 0.291 e. The Bertz CT molecular complexity index is 213. The molecule has 0 unspecified atom stereocenters. The van der Waals surface area contributed by atoms with Gasteiger partial charge in [0.25, 0.3) is 6.02 Å². The molecule has 2 N–H and O–H groups in total. The van der Waals surface area contributed by atoms with E-state index in [2.05, 4.69) is 10.3 Å². The van der Waals surface area contributed by atoms with Gasteiger partial charge in [-0.05, 0) is 6.92 Å². The maximum atomic E-state index is 9.05. The molecule has 0 saturated carbocycles. The zero-order valence-electron chi connectivity index (χ0n) is 6.09. The number of aliphatic hydroxyl groups is 1. The van der Waals surface area contributed by atoms with E-state index in [1.54, 1.807) is 0 Å². The summed E-state index contributed by atoms with van der Waals surface area (Å²) in [7, 11) is 0. The Morgan fingerprint density at radius 2 is 2.55 bits per heavy atom. The molecular weight excluding hydrogens is 168 g/mol. The summed E-state index contributed by atoms with van der Waals surface area (Å²) in [5, 5.41) is 11.8. The van der Waals surface area contributed by atoms with Crippen LogP contribution in [0.15, 0.2) is 15.9 Å². The second-order valence-corrected chi connectivity index (χ2v) is 2.39. The van der Waals surface area contributed by atoms with Gasteiger partial charge >= 0.3 is 0 Å². The predicted octanol–water partition coefficient (Wildman–Crippen LogP) is 0.948. The van der Waals surface area contributed by atoms with Crippen LogP contribution < -0.4 is 5.32 Å². The first kappa shape index (κ1) is 8.20. The van der Waals surface area contributed by atoms with Gasteiger partial charge in [0.1, 0.15) is 0 Å². The number of aliphatic imine (C=N–C) groups is 1. The van der Waals surface area contributed by atoms with Crippen molar-refractivity contribution in [3.05, 3.63) is 10.9 Å². The van der Waals surface area contributed by atoms with E-state index in [9.17, 15) is 0 Å². The van der Waals surface area contributed by atoms with Crippen LogP contribution in [0.2, 0.25) is 0 Å². The van der Waals surface area contributed by atoms with Crippen molar-refractivity contribution in [2.24, 2.45) is 4.99 Å². The van der Waals surface area contributed by atoms with Crippen LogP contribution >= 0.6 is 11.6 Å². The Labute approximate surface area is 69.5 Å². The van der Waals surface area contributed by atoms with Crippen LogP contribution in [0.3, 0.4) is 0 Å². The van der Waals surface area contributed by atoms with E-state index in [0.29, 0.717) is 17.7 Å². The molecule has 4 nitrogen and oxygen atoms in total. The monoisotopic (exact) mass is 176 g/mol. The highest BCUT2D eigenvalue weighted by Crippen LogP contribution is 2.09. The zero-order valence-corrected chi connectivity index (χ0v) is 6.85. The van der Waals surface area contributed by atoms with Gasteiger partial charge in [-0.1, -0.05) is 11.6 Å². The maximum absolute atomic E-state index is 9.05. The third-order valence-corrected chi connectivity index (χ3v) is 1.42. The van der Waals surface area contributed by atoms with Crippen LogP contribution in [0.5, 0.6) is 0 Å². The number of amidine groups is 1. The normalized spacial score (nSPS) is 17.5. The summed E-state index contributed by atoms with van der Waals surface area (Å²) in [6, 6.07) is 0.314. The molecule has 0 atom stereocenters. The molecule has 11 heavy (non-hydrogen) atoms. The van der Waals surface area contributed by atoms with Gasteiger partial charge in [0.15, 0.2) is 0 Å². The summed E-state index contributed by atoms with van der Waals surface area (Å²) >= 11 is 5.54. The highest BCUT2D eigenvalue weighted by molar-refractivity contribution is 6.30. The van der Waals surface area contributed by atoms with Crippen molar-refractivity contribution in [3.63, 3.8) is 0 Å². The molecule has 0 aromatic carbocycles. The second kappa shape index (κ2) is 3.48. The van der Waals surface area contributed by atoms with E-state index in [-0.39, 0.29) is 12.4 Å². The minimum Gasteiger partial charge on any atom is -0.494 e. The van der Waals surface area contributed by atoms with E-state index < -0.39 is 0 Å². The quantitative estimate of drug-likeness (QED) is 0.626. The summed E-state index contributed by atoms with van der Waals surface area (Å²) in [4.78, 5) is 3.88. The van der Waals surface area contributed by atoms with E-state index in [4.69, 9.17) is 21.4 Å². The highest BCUT2D eigenvalue weighted by atomic mass is 35.5. The van der Waals surface area contributed by atoms with Crippen LogP contribution in [0, 0.1) is 0 Å². The first-order valence-electron chi connectivity index (χ1n) is 3.26. The highest BCUT2D eigenvalue weighted by Gasteiger charge is 2.11. The van der Waals surface area contributed by atoms with Crippen molar-refractivity contribution in [3.8, 4) is 0 Å². The van der Waals surface area contributed by atoms with Crippen LogP contribution in [-0.2, 0) is 4.74 Å². The SMILES string of the molecule is CCOC1=NCC(Cl)=C(O)N1. The summed E-state index contributed by atoms with van der Waals surface area (Å²) in [6.45, 7) is 2.62. The Morgan fingerprint density at radius 1 is 1.82 bits per heavy atom. The number of hydrogen-bond acceptors (Lipinski definition) is 4. The Kier molecular flexibility index (Phi) is 2.59. The molecule has 5 heteroatoms. The fourth-order valence-corrected chi connectivity index (χ4v) is 0.750. The third kappa shape index (κ3) is 2.01. The van der Waals surface area contributed by atoms with Gasteiger partial charge in [-0.2, -0.15) is 0 Å². The van der Waals surface area contributed by atoms with Gasteiger partial charge in [0.2, 0.25) is 5.88 Å². The lowest BCUT2D eigenvalue weighted by atomic mass is 10.5. The van der Waals surface area contributed by atoms with Gasteiger partial charge < -0.3 is 9.84 Å². The maximum Gasteiger partial charge on any atom is 0.291 e. The molecule has 1 aliphatic heterocycles. The van der Waals surface area contributed by atoms with Crippen LogP contribution in [0.25, 0.3) is 0 Å². The molecule has 1 aliphatic rings. The van der Waals surface area contributed by atoms with Crippen LogP contribution in [0.1, 0.15) is 6.92 Å². The number of hydrogen-bond donors (Lipinski definition) is 2. The molecule has 1 heterocycles. The van der Waals surface area contributed by atoms with E-state index in [1.165, 1.54) is 0 Å². The molecule has 0 fully saturated rings. The molecule has 1 rings (SSSR count). The Balaban J connectivity index is 2.52. The molecule has 0 aliphatic carbocycles. The number of aliphatic hydroxyl groups excluding tert-OH is 1. The largest absolute Gasteiger partial charge is 0.494 e. The molecule has 0 saturated heterocycles. The number of rotatable bonds is 1. The van der Waals surface area contributed by atoms with Crippen LogP contribution in [-0.4, -0.2) is 24.3 Å². The van der Waals surface area contributed by atoms with Crippen LogP contribution in [0.4, 0.5) is 0 Å². The number of ether oxygens (including phenoxy) is 1. The summed E-state index contributed by atoms with van der Waals surface area (Å²) < 4.78 is 4.99. The van der Waals surface area contributed by atoms with Crippen molar-refractivity contribution in [1.82, 2.24) is 5.32 Å². The predicted molar refractivity (Wildman–Crippen MR) is 42.6 cm³/mol. The van der Waals surface area contributed by atoms with E-state index in [0.717, 1.165) is 0 Å². The third-order valence-electron chi connectivity index (χ3n) is 1.12. The Hall–Kier alpha value is -0.900. The van der Waals surface area contributed by atoms with Gasteiger partial charge in [0.05, 0.1) is 18.2 Å². The fourth-order valence-electron chi connectivity index (χ4n) is 0.643. The fraction of sp³-hybridized carbons (Fsp3) is 0.500. The van der Waals surface area contributed by atoms with Crippen molar-refractivity contribution in [2.45, 2.75) is 6.92 Å². The van der Waals surface area contributed by atoms with Gasteiger partial charge in [0, 0.05) is 0 Å². The molecule has 0 spiro atoms. The summed E-state index contributed by atoms with van der Waals surface area (Å²) in [5.74, 6) is -0.0786. The van der Waals surface area contributed by atoms with E-state index in [1.807, 2.05) is 6.92 Å². The Morgan fingerprint density at radius 3 is 3.09 bits per heavy atom. The van der Waals surface area contributed by atoms with Crippen molar-refractivity contribution < 1.29 is 9.84 Å². The minimum absolute atomic E-state index is 0.0786. The molecular formula is C6H9ClN2O2. The molecule has 62 valence electrons. The molecule has 0 bridgehead atoms. The topological polar surface area (TPSA) is 53.9 Å². The minimum atomic E-state index is -0.0786. The standard InChI is InChI=1S/C6H9ClN2O2/c1-2-11-6-8-3-4(7)5(10)9-6/h10H,2-3H2,1H3,(H,8,9). The number of nitrogens with zero attached hydrogens (tertiary/aromatic N) is 1. The zero-order chi connectivity index (χ0) is 8.27. The lowest BCUT2D eigenvalue weighted by molar-refractivity contribution is 0.291. The number of halogens is 1. The summed E-state index contributed by atoms with van der Waals surface area (Å²) in [5.41, 5.74) is 0. The molecule has 0 aromatic rings. The first-order chi connectivity index (χ1) is 5.24. The average Bonchev–Trinajstić information content (AvgIpc) is 1.98. The second-order valence-electron chi connectivity index (χ2n) is 1.93. The average molecular weight is 177 g/mol. The lowest BCUT2D eigenvalue weighted by Gasteiger charge is -2.13. The van der Waals surface area contributed by atoms with Gasteiger partial charge in [-0.15, -0.1) is 0 Å². The summed E-state index contributed by atoms with van der Waals surface area (Å²) in [6.07, 6.45) is 0. The van der Waals surface area contributed by atoms with Gasteiger partial charge in [-0.3, -0.25) is 5.32 Å². The lowest BCUT2D eigenvalue weighted by Crippen LogP contribution is -2.29. The molecule has 0 amide bonds. The van der Waals surface area contributed by atoms with Gasteiger partial charge in [-0.25, -0.2) is 4.99 Å². The first-order valence-corrected chi connectivity index (χ1v) is 3.63. The van der Waals surface area contributed by atoms with Crippen molar-refractivity contribution in [1.29, 1.82) is 0 Å². The molecule has 0 aromatic heterocycles.